The van der Waals surface area contributed by atoms with Crippen molar-refractivity contribution >= 4 is 18.0 Å². The Balaban J connectivity index is 2.26. The Kier molecular flexibility index (Phi) is 4.43. The molecule has 19 heavy (non-hydrogen) atoms. The average molecular weight is 270 g/mol. The minimum Gasteiger partial charge on any atom is -0.303 e. The molecule has 2 rings (SSSR count). The molecule has 2 heteroatoms. The fraction of sp³-hybridized carbons (Fsp3) is 0.235. The predicted octanol–water partition coefficient (Wildman–Crippen LogP) is 4.50. The van der Waals surface area contributed by atoms with Gasteiger partial charge >= 0.3 is 0 Å². The van der Waals surface area contributed by atoms with E-state index in [1.54, 1.807) is 11.8 Å². The van der Waals surface area contributed by atoms with Crippen molar-refractivity contribution in [3.63, 3.8) is 0 Å². The number of aryl methyl sites for hydroxylation is 3. The summed E-state index contributed by atoms with van der Waals surface area (Å²) >= 11 is 1.76. The van der Waals surface area contributed by atoms with Crippen molar-refractivity contribution in [3.8, 4) is 0 Å². The molecule has 0 amide bonds. The lowest BCUT2D eigenvalue weighted by Crippen LogP contribution is -1.95. The summed E-state index contributed by atoms with van der Waals surface area (Å²) < 4.78 is 0. The van der Waals surface area contributed by atoms with Crippen molar-refractivity contribution in [2.75, 3.05) is 0 Å². The Hall–Kier alpha value is -1.54. The summed E-state index contributed by atoms with van der Waals surface area (Å²) in [6, 6.07) is 12.9. The number of aldehydes is 1. The zero-order valence-electron chi connectivity index (χ0n) is 11.6. The van der Waals surface area contributed by atoms with E-state index < -0.39 is 0 Å². The van der Waals surface area contributed by atoms with E-state index in [1.807, 2.05) is 0 Å². The molecule has 0 saturated carbocycles. The minimum absolute atomic E-state index is 0.507. The van der Waals surface area contributed by atoms with Gasteiger partial charge in [-0.15, -0.1) is 0 Å². The van der Waals surface area contributed by atoms with E-state index in [0.717, 1.165) is 11.8 Å². The van der Waals surface area contributed by atoms with Crippen LogP contribution in [0.5, 0.6) is 0 Å². The second-order valence-electron chi connectivity index (χ2n) is 4.82. The molecule has 2 aromatic carbocycles. The third-order valence-electron chi connectivity index (χ3n) is 3.21. The molecule has 0 spiro atoms. The number of rotatable bonds is 4. The molecular formula is C17H18OS. The lowest BCUT2D eigenvalue weighted by Gasteiger charge is -2.10. The van der Waals surface area contributed by atoms with Crippen molar-refractivity contribution in [1.29, 1.82) is 0 Å². The molecule has 0 radical (unpaired) electrons. The van der Waals surface area contributed by atoms with Gasteiger partial charge in [-0.3, -0.25) is 0 Å². The third-order valence-corrected chi connectivity index (χ3v) is 4.19. The smallest absolute Gasteiger partial charge is 0.124 e. The van der Waals surface area contributed by atoms with Gasteiger partial charge in [0.2, 0.25) is 0 Å². The van der Waals surface area contributed by atoms with Gasteiger partial charge in [0.05, 0.1) is 0 Å². The van der Waals surface area contributed by atoms with Crippen molar-refractivity contribution < 1.29 is 4.79 Å². The molecule has 2 aromatic rings. The lowest BCUT2D eigenvalue weighted by molar-refractivity contribution is -0.107. The maximum atomic E-state index is 10.7. The van der Waals surface area contributed by atoms with Gasteiger partial charge < -0.3 is 4.79 Å². The van der Waals surface area contributed by atoms with Crippen LogP contribution in [0.4, 0.5) is 0 Å². The van der Waals surface area contributed by atoms with Crippen LogP contribution in [0.3, 0.4) is 0 Å². The zero-order valence-corrected chi connectivity index (χ0v) is 12.4. The summed E-state index contributed by atoms with van der Waals surface area (Å²) in [6.45, 7) is 6.24. The molecule has 0 saturated heterocycles. The predicted molar refractivity (Wildman–Crippen MR) is 81.0 cm³/mol. The first-order valence-corrected chi connectivity index (χ1v) is 7.20. The van der Waals surface area contributed by atoms with Gasteiger partial charge in [-0.2, -0.15) is 0 Å². The van der Waals surface area contributed by atoms with Gasteiger partial charge in [0, 0.05) is 16.2 Å². The van der Waals surface area contributed by atoms with Crippen LogP contribution in [-0.2, 0) is 11.2 Å². The Labute approximate surface area is 119 Å². The summed E-state index contributed by atoms with van der Waals surface area (Å²) in [4.78, 5) is 13.2. The number of hydrogen-bond donors (Lipinski definition) is 0. The highest BCUT2D eigenvalue weighted by Crippen LogP contribution is 2.30. The van der Waals surface area contributed by atoms with Gasteiger partial charge in [0.1, 0.15) is 6.29 Å². The second kappa shape index (κ2) is 6.07. The van der Waals surface area contributed by atoms with Crippen LogP contribution in [0.1, 0.15) is 22.3 Å². The summed E-state index contributed by atoms with van der Waals surface area (Å²) in [5.74, 6) is 0. The minimum atomic E-state index is 0.507. The number of hydrogen-bond acceptors (Lipinski definition) is 2. The highest BCUT2D eigenvalue weighted by molar-refractivity contribution is 7.99. The van der Waals surface area contributed by atoms with Crippen LogP contribution in [-0.4, -0.2) is 6.29 Å². The molecule has 0 N–H and O–H groups in total. The quantitative estimate of drug-likeness (QED) is 0.761. The normalized spacial score (nSPS) is 10.5. The molecule has 0 aliphatic rings. The topological polar surface area (TPSA) is 17.1 Å². The first-order valence-electron chi connectivity index (χ1n) is 6.38. The molecule has 0 aliphatic carbocycles. The van der Waals surface area contributed by atoms with Gasteiger partial charge in [-0.1, -0.05) is 29.5 Å². The van der Waals surface area contributed by atoms with Crippen LogP contribution >= 0.6 is 11.8 Å². The Bertz CT molecular complexity index is 562. The van der Waals surface area contributed by atoms with Crippen LogP contribution < -0.4 is 0 Å². The second-order valence-corrected chi connectivity index (χ2v) is 5.97. The molecule has 0 aliphatic heterocycles. The SMILES string of the molecule is Cc1ccc(Sc2cc(C)c(CC=O)c(C)c2)cc1. The molecule has 0 unspecified atom stereocenters. The lowest BCUT2D eigenvalue weighted by atomic mass is 10.0. The van der Waals surface area contributed by atoms with E-state index in [1.165, 1.54) is 26.5 Å². The number of carbonyl (C=O) groups is 1. The van der Waals surface area contributed by atoms with Gasteiger partial charge in [-0.05, 0) is 61.7 Å². The van der Waals surface area contributed by atoms with E-state index in [-0.39, 0.29) is 0 Å². The monoisotopic (exact) mass is 270 g/mol. The van der Waals surface area contributed by atoms with Crippen molar-refractivity contribution in [2.45, 2.75) is 37.0 Å². The first kappa shape index (κ1) is 13.9. The largest absolute Gasteiger partial charge is 0.303 e. The summed E-state index contributed by atoms with van der Waals surface area (Å²) in [7, 11) is 0. The van der Waals surface area contributed by atoms with E-state index in [4.69, 9.17) is 0 Å². The Morgan fingerprint density at radius 2 is 1.53 bits per heavy atom. The molecule has 0 heterocycles. The fourth-order valence-electron chi connectivity index (χ4n) is 2.16. The summed E-state index contributed by atoms with van der Waals surface area (Å²) in [5, 5.41) is 0. The molecular weight excluding hydrogens is 252 g/mol. The van der Waals surface area contributed by atoms with E-state index >= 15 is 0 Å². The molecule has 0 atom stereocenters. The molecule has 0 aromatic heterocycles. The number of carbonyl (C=O) groups excluding carboxylic acids is 1. The van der Waals surface area contributed by atoms with Gasteiger partial charge in [0.25, 0.3) is 0 Å². The van der Waals surface area contributed by atoms with E-state index in [2.05, 4.69) is 57.2 Å². The Morgan fingerprint density at radius 1 is 0.947 bits per heavy atom. The summed E-state index contributed by atoms with van der Waals surface area (Å²) in [6.07, 6.45) is 1.48. The zero-order chi connectivity index (χ0) is 13.8. The summed E-state index contributed by atoms with van der Waals surface area (Å²) in [5.41, 5.74) is 4.82. The van der Waals surface area contributed by atoms with Gasteiger partial charge in [-0.25, -0.2) is 0 Å². The fourth-order valence-corrected chi connectivity index (χ4v) is 3.18. The van der Waals surface area contributed by atoms with Crippen molar-refractivity contribution in [2.24, 2.45) is 0 Å². The molecule has 98 valence electrons. The highest BCUT2D eigenvalue weighted by atomic mass is 32.2. The standard InChI is InChI=1S/C17H18OS/c1-12-4-6-15(7-5-12)19-16-10-13(2)17(8-9-18)14(3)11-16/h4-7,9-11H,8H2,1-3H3. The number of benzene rings is 2. The first-order chi connectivity index (χ1) is 9.10. The van der Waals surface area contributed by atoms with Crippen LogP contribution in [0, 0.1) is 20.8 Å². The van der Waals surface area contributed by atoms with E-state index in [9.17, 15) is 4.79 Å². The molecule has 0 bridgehead atoms. The average Bonchev–Trinajstić information content (AvgIpc) is 2.37. The highest BCUT2D eigenvalue weighted by Gasteiger charge is 2.06. The maximum Gasteiger partial charge on any atom is 0.124 e. The van der Waals surface area contributed by atoms with Gasteiger partial charge in [0.15, 0.2) is 0 Å². The molecule has 1 nitrogen and oxygen atoms in total. The maximum absolute atomic E-state index is 10.7. The molecule has 0 fully saturated rings. The van der Waals surface area contributed by atoms with E-state index in [0.29, 0.717) is 6.42 Å². The van der Waals surface area contributed by atoms with Crippen LogP contribution in [0.2, 0.25) is 0 Å². The van der Waals surface area contributed by atoms with Crippen molar-refractivity contribution in [1.82, 2.24) is 0 Å². The Morgan fingerprint density at radius 3 is 2.05 bits per heavy atom. The van der Waals surface area contributed by atoms with Crippen molar-refractivity contribution in [3.05, 3.63) is 58.7 Å². The van der Waals surface area contributed by atoms with Crippen LogP contribution in [0.25, 0.3) is 0 Å². The van der Waals surface area contributed by atoms with Crippen LogP contribution in [0.15, 0.2) is 46.2 Å². The third kappa shape index (κ3) is 3.48.